The molecule has 0 aromatic heterocycles. The number of rotatable bonds is 4. The van der Waals surface area contributed by atoms with E-state index < -0.39 is 0 Å². The molecule has 1 aliphatic rings. The highest BCUT2D eigenvalue weighted by molar-refractivity contribution is 5.94. The number of carbonyl (C=O) groups excluding carboxylic acids is 2. The molecule has 1 heterocycles. The number of hydrogen-bond acceptors (Lipinski definition) is 3. The molecule has 1 aromatic carbocycles. The standard InChI is InChI=1S/C16H23N3O2.ClH/c1-11(2)15(20)18-13-5-7-14(8-6-13)19-16(21)12-4-3-9-17-10-12;/h5-8,11-12,17H,3-4,9-10H2,1-2H3,(H,18,20)(H,19,21);1H. The fraction of sp³-hybridized carbons (Fsp3) is 0.500. The number of halogens is 1. The minimum atomic E-state index is -0.0526. The third-order valence-corrected chi connectivity index (χ3v) is 3.61. The van der Waals surface area contributed by atoms with Gasteiger partial charge in [-0.3, -0.25) is 9.59 Å². The van der Waals surface area contributed by atoms with Crippen LogP contribution in [0, 0.1) is 11.8 Å². The van der Waals surface area contributed by atoms with Crippen molar-refractivity contribution in [3.63, 3.8) is 0 Å². The molecule has 0 saturated carbocycles. The van der Waals surface area contributed by atoms with Gasteiger partial charge in [0.25, 0.3) is 0 Å². The van der Waals surface area contributed by atoms with Crippen LogP contribution in [-0.2, 0) is 9.59 Å². The van der Waals surface area contributed by atoms with E-state index in [4.69, 9.17) is 0 Å². The van der Waals surface area contributed by atoms with Gasteiger partial charge in [0.05, 0.1) is 5.92 Å². The zero-order valence-corrected chi connectivity index (χ0v) is 13.8. The minimum absolute atomic E-state index is 0. The van der Waals surface area contributed by atoms with Crippen LogP contribution in [0.2, 0.25) is 0 Å². The second kappa shape index (κ2) is 8.76. The van der Waals surface area contributed by atoms with Crippen molar-refractivity contribution < 1.29 is 9.59 Å². The van der Waals surface area contributed by atoms with E-state index in [1.54, 1.807) is 12.1 Å². The van der Waals surface area contributed by atoms with Crippen molar-refractivity contribution in [1.82, 2.24) is 5.32 Å². The van der Waals surface area contributed by atoms with Gasteiger partial charge in [-0.2, -0.15) is 0 Å². The first-order valence-corrected chi connectivity index (χ1v) is 7.49. The van der Waals surface area contributed by atoms with Crippen LogP contribution in [0.3, 0.4) is 0 Å². The zero-order valence-electron chi connectivity index (χ0n) is 13.0. The van der Waals surface area contributed by atoms with Gasteiger partial charge >= 0.3 is 0 Å². The summed E-state index contributed by atoms with van der Waals surface area (Å²) in [5.41, 5.74) is 1.50. The van der Waals surface area contributed by atoms with Crippen molar-refractivity contribution in [2.24, 2.45) is 11.8 Å². The quantitative estimate of drug-likeness (QED) is 0.797. The summed E-state index contributed by atoms with van der Waals surface area (Å²) in [4.78, 5) is 23.7. The van der Waals surface area contributed by atoms with E-state index in [1.165, 1.54) is 0 Å². The van der Waals surface area contributed by atoms with Crippen LogP contribution in [-0.4, -0.2) is 24.9 Å². The molecule has 0 aliphatic carbocycles. The first kappa shape index (κ1) is 18.5. The predicted molar refractivity (Wildman–Crippen MR) is 91.4 cm³/mol. The lowest BCUT2D eigenvalue weighted by Gasteiger charge is -2.21. The molecular weight excluding hydrogens is 302 g/mol. The molecule has 1 aromatic rings. The summed E-state index contributed by atoms with van der Waals surface area (Å²) in [6, 6.07) is 7.22. The smallest absolute Gasteiger partial charge is 0.228 e. The number of anilines is 2. The molecule has 122 valence electrons. The van der Waals surface area contributed by atoms with E-state index in [0.717, 1.165) is 37.3 Å². The molecule has 22 heavy (non-hydrogen) atoms. The topological polar surface area (TPSA) is 70.2 Å². The fourth-order valence-electron chi connectivity index (χ4n) is 2.24. The molecule has 3 N–H and O–H groups in total. The Morgan fingerprint density at radius 1 is 1.14 bits per heavy atom. The Morgan fingerprint density at radius 3 is 2.23 bits per heavy atom. The van der Waals surface area contributed by atoms with Gasteiger partial charge in [-0.05, 0) is 43.7 Å². The predicted octanol–water partition coefficient (Wildman–Crippen LogP) is 2.64. The summed E-state index contributed by atoms with van der Waals surface area (Å²) in [5.74, 6) is 0.0310. The highest BCUT2D eigenvalue weighted by atomic mass is 35.5. The Bertz CT molecular complexity index is 497. The molecular formula is C16H24ClN3O2. The van der Waals surface area contributed by atoms with Gasteiger partial charge in [0, 0.05) is 23.8 Å². The highest BCUT2D eigenvalue weighted by Crippen LogP contribution is 2.17. The van der Waals surface area contributed by atoms with Crippen LogP contribution in [0.1, 0.15) is 26.7 Å². The molecule has 1 atom stereocenters. The second-order valence-electron chi connectivity index (χ2n) is 5.75. The molecule has 1 saturated heterocycles. The van der Waals surface area contributed by atoms with Crippen LogP contribution in [0.15, 0.2) is 24.3 Å². The number of hydrogen-bond donors (Lipinski definition) is 3. The third-order valence-electron chi connectivity index (χ3n) is 3.61. The van der Waals surface area contributed by atoms with E-state index in [-0.39, 0.29) is 36.1 Å². The summed E-state index contributed by atoms with van der Waals surface area (Å²) in [5, 5.41) is 8.98. The van der Waals surface area contributed by atoms with Gasteiger partial charge in [0.15, 0.2) is 0 Å². The lowest BCUT2D eigenvalue weighted by molar-refractivity contribution is -0.120. The van der Waals surface area contributed by atoms with Crippen LogP contribution in [0.4, 0.5) is 11.4 Å². The number of nitrogens with one attached hydrogen (secondary N) is 3. The Hall–Kier alpha value is -1.59. The molecule has 2 amide bonds. The molecule has 6 heteroatoms. The maximum atomic E-state index is 12.1. The Kier molecular flexibility index (Phi) is 7.35. The molecule has 1 aliphatic heterocycles. The zero-order chi connectivity index (χ0) is 15.2. The normalized spacial score (nSPS) is 17.5. The molecule has 0 radical (unpaired) electrons. The minimum Gasteiger partial charge on any atom is -0.326 e. The number of piperidine rings is 1. The summed E-state index contributed by atoms with van der Waals surface area (Å²) >= 11 is 0. The van der Waals surface area contributed by atoms with Crippen LogP contribution >= 0.6 is 12.4 Å². The fourth-order valence-corrected chi connectivity index (χ4v) is 2.24. The number of amides is 2. The summed E-state index contributed by atoms with van der Waals surface area (Å²) in [7, 11) is 0. The Balaban J connectivity index is 0.00000242. The molecule has 1 fully saturated rings. The first-order valence-electron chi connectivity index (χ1n) is 7.49. The monoisotopic (exact) mass is 325 g/mol. The Morgan fingerprint density at radius 2 is 1.73 bits per heavy atom. The Labute approximate surface area is 137 Å². The molecule has 0 spiro atoms. The van der Waals surface area contributed by atoms with Crippen molar-refractivity contribution in [2.75, 3.05) is 23.7 Å². The van der Waals surface area contributed by atoms with Gasteiger partial charge < -0.3 is 16.0 Å². The van der Waals surface area contributed by atoms with E-state index in [9.17, 15) is 9.59 Å². The molecule has 2 rings (SSSR count). The van der Waals surface area contributed by atoms with E-state index in [0.29, 0.717) is 0 Å². The van der Waals surface area contributed by atoms with Crippen molar-refractivity contribution in [2.45, 2.75) is 26.7 Å². The molecule has 1 unspecified atom stereocenters. The van der Waals surface area contributed by atoms with E-state index in [1.807, 2.05) is 26.0 Å². The van der Waals surface area contributed by atoms with Crippen molar-refractivity contribution in [3.8, 4) is 0 Å². The third kappa shape index (κ3) is 5.31. The largest absolute Gasteiger partial charge is 0.326 e. The van der Waals surface area contributed by atoms with Crippen molar-refractivity contribution >= 4 is 35.6 Å². The average Bonchev–Trinajstić information content (AvgIpc) is 2.50. The SMILES string of the molecule is CC(C)C(=O)Nc1ccc(NC(=O)C2CCCNC2)cc1.Cl. The summed E-state index contributed by atoms with van der Waals surface area (Å²) < 4.78 is 0. The average molecular weight is 326 g/mol. The molecule has 5 nitrogen and oxygen atoms in total. The van der Waals surface area contributed by atoms with Crippen LogP contribution < -0.4 is 16.0 Å². The first-order chi connectivity index (χ1) is 10.1. The lowest BCUT2D eigenvalue weighted by atomic mass is 9.99. The van der Waals surface area contributed by atoms with E-state index in [2.05, 4.69) is 16.0 Å². The van der Waals surface area contributed by atoms with Gasteiger partial charge in [-0.1, -0.05) is 13.8 Å². The van der Waals surface area contributed by atoms with Crippen molar-refractivity contribution in [3.05, 3.63) is 24.3 Å². The maximum absolute atomic E-state index is 12.1. The van der Waals surface area contributed by atoms with E-state index >= 15 is 0 Å². The van der Waals surface area contributed by atoms with Crippen molar-refractivity contribution in [1.29, 1.82) is 0 Å². The maximum Gasteiger partial charge on any atom is 0.228 e. The van der Waals surface area contributed by atoms with Gasteiger partial charge in [-0.15, -0.1) is 12.4 Å². The van der Waals surface area contributed by atoms with Gasteiger partial charge in [0.2, 0.25) is 11.8 Å². The van der Waals surface area contributed by atoms with Crippen LogP contribution in [0.5, 0.6) is 0 Å². The van der Waals surface area contributed by atoms with Gasteiger partial charge in [-0.25, -0.2) is 0 Å². The second-order valence-corrected chi connectivity index (χ2v) is 5.75. The van der Waals surface area contributed by atoms with Gasteiger partial charge in [0.1, 0.15) is 0 Å². The summed E-state index contributed by atoms with van der Waals surface area (Å²) in [6.45, 7) is 5.44. The summed E-state index contributed by atoms with van der Waals surface area (Å²) in [6.07, 6.45) is 1.97. The highest BCUT2D eigenvalue weighted by Gasteiger charge is 2.20. The lowest BCUT2D eigenvalue weighted by Crippen LogP contribution is -2.37. The number of benzene rings is 1. The molecule has 0 bridgehead atoms. The number of carbonyl (C=O) groups is 2. The van der Waals surface area contributed by atoms with Crippen LogP contribution in [0.25, 0.3) is 0 Å².